The highest BCUT2D eigenvalue weighted by molar-refractivity contribution is 9.10. The predicted molar refractivity (Wildman–Crippen MR) is 56.7 cm³/mol. The molecule has 0 bridgehead atoms. The fraction of sp³-hybridized carbons (Fsp3) is 0.500. The van der Waals surface area contributed by atoms with Gasteiger partial charge in [0.25, 0.3) is 0 Å². The maximum atomic E-state index is 5.49. The summed E-state index contributed by atoms with van der Waals surface area (Å²) in [5.41, 5.74) is 5.49. The largest absolute Gasteiger partial charge is 0.355 e. The number of halogens is 1. The van der Waals surface area contributed by atoms with Gasteiger partial charge in [0.05, 0.1) is 4.47 Å². The smallest absolute Gasteiger partial charge is 0.146 e. The van der Waals surface area contributed by atoms with Gasteiger partial charge in [-0.2, -0.15) is 0 Å². The molecule has 1 aromatic rings. The molecule has 0 amide bonds. The van der Waals surface area contributed by atoms with Crippen molar-refractivity contribution >= 4 is 21.7 Å². The molecule has 0 saturated carbocycles. The van der Waals surface area contributed by atoms with Gasteiger partial charge in [-0.15, -0.1) is 0 Å². The fourth-order valence-corrected chi connectivity index (χ4v) is 1.58. The zero-order valence-electron chi connectivity index (χ0n) is 7.57. The topological polar surface area (TPSA) is 55.0 Å². The molecule has 0 aliphatic rings. The first kappa shape index (κ1) is 10.4. The van der Waals surface area contributed by atoms with E-state index in [4.69, 9.17) is 5.73 Å². The molecule has 0 atom stereocenters. The van der Waals surface area contributed by atoms with Gasteiger partial charge in [-0.3, -0.25) is 0 Å². The van der Waals surface area contributed by atoms with Crippen molar-refractivity contribution in [3.63, 3.8) is 0 Å². The van der Waals surface area contributed by atoms with Crippen molar-refractivity contribution in [3.8, 4) is 0 Å². The standard InChI is InChI=1S/C8H13BrN4/c1-2-13(4-3-10)8-7(9)5-11-6-12-8/h5-6H,2-4,10H2,1H3. The molecule has 0 spiro atoms. The average molecular weight is 245 g/mol. The molecular weight excluding hydrogens is 232 g/mol. The molecule has 13 heavy (non-hydrogen) atoms. The van der Waals surface area contributed by atoms with Gasteiger partial charge in [-0.25, -0.2) is 9.97 Å². The van der Waals surface area contributed by atoms with Crippen molar-refractivity contribution in [1.29, 1.82) is 0 Å². The minimum Gasteiger partial charge on any atom is -0.355 e. The Morgan fingerprint density at radius 2 is 2.38 bits per heavy atom. The summed E-state index contributed by atoms with van der Waals surface area (Å²) in [6.07, 6.45) is 3.28. The van der Waals surface area contributed by atoms with Gasteiger partial charge in [0, 0.05) is 25.8 Å². The van der Waals surface area contributed by atoms with E-state index < -0.39 is 0 Å². The highest BCUT2D eigenvalue weighted by Gasteiger charge is 2.07. The summed E-state index contributed by atoms with van der Waals surface area (Å²) in [4.78, 5) is 10.2. The van der Waals surface area contributed by atoms with E-state index in [1.54, 1.807) is 12.5 Å². The lowest BCUT2D eigenvalue weighted by Crippen LogP contribution is -2.30. The van der Waals surface area contributed by atoms with E-state index in [1.807, 2.05) is 0 Å². The van der Waals surface area contributed by atoms with Crippen LogP contribution in [0.25, 0.3) is 0 Å². The van der Waals surface area contributed by atoms with Gasteiger partial charge >= 0.3 is 0 Å². The molecule has 0 unspecified atom stereocenters. The number of hydrogen-bond acceptors (Lipinski definition) is 4. The van der Waals surface area contributed by atoms with Crippen LogP contribution >= 0.6 is 15.9 Å². The number of rotatable bonds is 4. The van der Waals surface area contributed by atoms with Crippen molar-refractivity contribution in [2.75, 3.05) is 24.5 Å². The van der Waals surface area contributed by atoms with Gasteiger partial charge in [-0.1, -0.05) is 0 Å². The molecule has 72 valence electrons. The van der Waals surface area contributed by atoms with E-state index in [2.05, 4.69) is 37.7 Å². The number of hydrogen-bond donors (Lipinski definition) is 1. The van der Waals surface area contributed by atoms with Gasteiger partial charge in [-0.05, 0) is 22.9 Å². The van der Waals surface area contributed by atoms with Crippen LogP contribution in [0.3, 0.4) is 0 Å². The predicted octanol–water partition coefficient (Wildman–Crippen LogP) is 1.02. The molecule has 1 rings (SSSR count). The molecule has 0 saturated heterocycles. The van der Waals surface area contributed by atoms with Crippen LogP contribution in [-0.4, -0.2) is 29.6 Å². The van der Waals surface area contributed by atoms with Crippen molar-refractivity contribution in [2.45, 2.75) is 6.92 Å². The molecule has 0 aliphatic heterocycles. The lowest BCUT2D eigenvalue weighted by Gasteiger charge is -2.21. The first-order valence-corrected chi connectivity index (χ1v) is 4.99. The van der Waals surface area contributed by atoms with Crippen LogP contribution in [0.15, 0.2) is 17.0 Å². The second-order valence-electron chi connectivity index (χ2n) is 2.56. The zero-order chi connectivity index (χ0) is 9.68. The first-order valence-electron chi connectivity index (χ1n) is 4.20. The van der Waals surface area contributed by atoms with E-state index in [1.165, 1.54) is 0 Å². The van der Waals surface area contributed by atoms with Crippen LogP contribution in [0.1, 0.15) is 6.92 Å². The van der Waals surface area contributed by atoms with Crippen molar-refractivity contribution in [2.24, 2.45) is 5.73 Å². The summed E-state index contributed by atoms with van der Waals surface area (Å²) in [6.45, 7) is 4.41. The Morgan fingerprint density at radius 1 is 1.62 bits per heavy atom. The molecule has 0 radical (unpaired) electrons. The normalized spacial score (nSPS) is 10.1. The van der Waals surface area contributed by atoms with E-state index in [9.17, 15) is 0 Å². The molecule has 1 aromatic heterocycles. The molecule has 0 aromatic carbocycles. The van der Waals surface area contributed by atoms with Crippen LogP contribution in [0.5, 0.6) is 0 Å². The third kappa shape index (κ3) is 2.63. The molecule has 4 nitrogen and oxygen atoms in total. The molecule has 0 fully saturated rings. The Balaban J connectivity index is 2.84. The van der Waals surface area contributed by atoms with E-state index >= 15 is 0 Å². The molecule has 2 N–H and O–H groups in total. The van der Waals surface area contributed by atoms with Crippen molar-refractivity contribution < 1.29 is 0 Å². The lowest BCUT2D eigenvalue weighted by atomic mass is 10.4. The fourth-order valence-electron chi connectivity index (χ4n) is 1.11. The van der Waals surface area contributed by atoms with Crippen molar-refractivity contribution in [3.05, 3.63) is 17.0 Å². The van der Waals surface area contributed by atoms with Crippen LogP contribution < -0.4 is 10.6 Å². The zero-order valence-corrected chi connectivity index (χ0v) is 9.16. The third-order valence-electron chi connectivity index (χ3n) is 1.73. The molecule has 1 heterocycles. The van der Waals surface area contributed by atoms with Gasteiger partial charge in [0.1, 0.15) is 12.1 Å². The van der Waals surface area contributed by atoms with E-state index in [0.29, 0.717) is 6.54 Å². The Kier molecular flexibility index (Phi) is 4.11. The Labute approximate surface area is 86.3 Å². The van der Waals surface area contributed by atoms with Crippen molar-refractivity contribution in [1.82, 2.24) is 9.97 Å². The summed E-state index contributed by atoms with van der Waals surface area (Å²) in [7, 11) is 0. The van der Waals surface area contributed by atoms with Crippen LogP contribution in [0, 0.1) is 0 Å². The summed E-state index contributed by atoms with van der Waals surface area (Å²) in [5.74, 6) is 0.906. The highest BCUT2D eigenvalue weighted by Crippen LogP contribution is 2.20. The Morgan fingerprint density at radius 3 is 2.92 bits per heavy atom. The van der Waals surface area contributed by atoms with E-state index in [-0.39, 0.29) is 0 Å². The number of likely N-dealkylation sites (N-methyl/N-ethyl adjacent to an activating group) is 1. The lowest BCUT2D eigenvalue weighted by molar-refractivity contribution is 0.796. The SMILES string of the molecule is CCN(CCN)c1ncncc1Br. The minimum absolute atomic E-state index is 0.629. The number of nitrogens with two attached hydrogens (primary N) is 1. The second-order valence-corrected chi connectivity index (χ2v) is 3.42. The maximum Gasteiger partial charge on any atom is 0.146 e. The Hall–Kier alpha value is -0.680. The number of aromatic nitrogens is 2. The first-order chi connectivity index (χ1) is 6.29. The summed E-state index contributed by atoms with van der Waals surface area (Å²) in [6, 6.07) is 0. The van der Waals surface area contributed by atoms with Gasteiger partial charge in [0.2, 0.25) is 0 Å². The third-order valence-corrected chi connectivity index (χ3v) is 2.29. The van der Waals surface area contributed by atoms with Crippen LogP contribution in [0.4, 0.5) is 5.82 Å². The Bertz CT molecular complexity index is 266. The van der Waals surface area contributed by atoms with Gasteiger partial charge < -0.3 is 10.6 Å². The second kappa shape index (κ2) is 5.14. The number of nitrogens with zero attached hydrogens (tertiary/aromatic N) is 3. The van der Waals surface area contributed by atoms with Crippen LogP contribution in [-0.2, 0) is 0 Å². The maximum absolute atomic E-state index is 5.49. The summed E-state index contributed by atoms with van der Waals surface area (Å²) >= 11 is 3.40. The van der Waals surface area contributed by atoms with Crippen LogP contribution in [0.2, 0.25) is 0 Å². The monoisotopic (exact) mass is 244 g/mol. The summed E-state index contributed by atoms with van der Waals surface area (Å²) in [5, 5.41) is 0. The molecular formula is C8H13BrN4. The molecule has 5 heteroatoms. The number of anilines is 1. The minimum atomic E-state index is 0.629. The highest BCUT2D eigenvalue weighted by atomic mass is 79.9. The average Bonchev–Trinajstić information content (AvgIpc) is 2.16. The molecule has 0 aliphatic carbocycles. The quantitative estimate of drug-likeness (QED) is 0.860. The van der Waals surface area contributed by atoms with E-state index in [0.717, 1.165) is 23.4 Å². The van der Waals surface area contributed by atoms with Gasteiger partial charge in [0.15, 0.2) is 0 Å². The summed E-state index contributed by atoms with van der Waals surface area (Å²) < 4.78 is 0.908.